The number of hydrogen-bond donors (Lipinski definition) is 2. The highest BCUT2D eigenvalue weighted by Crippen LogP contribution is 2.30. The van der Waals surface area contributed by atoms with Crippen molar-refractivity contribution in [2.75, 3.05) is 5.75 Å². The molecule has 2 atom stereocenters. The molecule has 1 aliphatic rings. The molecule has 0 bridgehead atoms. The smallest absolute Gasteiger partial charge is 0.416 e. The molecule has 0 saturated carbocycles. The first-order valence-corrected chi connectivity index (χ1v) is 7.13. The van der Waals surface area contributed by atoms with Crippen molar-refractivity contribution in [1.29, 1.82) is 0 Å². The van der Waals surface area contributed by atoms with Crippen LogP contribution in [0, 0.1) is 0 Å². The first-order valence-electron chi connectivity index (χ1n) is 6.08. The number of alkyl halides is 3. The highest BCUT2D eigenvalue weighted by Gasteiger charge is 2.33. The van der Waals surface area contributed by atoms with Crippen molar-refractivity contribution in [2.45, 2.75) is 23.9 Å². The molecule has 1 aromatic carbocycles. The van der Waals surface area contributed by atoms with Gasteiger partial charge < -0.3 is 10.4 Å². The van der Waals surface area contributed by atoms with E-state index in [1.807, 2.05) is 0 Å². The van der Waals surface area contributed by atoms with Crippen LogP contribution in [0.3, 0.4) is 0 Å². The van der Waals surface area contributed by atoms with E-state index in [2.05, 4.69) is 5.32 Å². The molecule has 1 amide bonds. The summed E-state index contributed by atoms with van der Waals surface area (Å²) in [5.74, 6) is -1.38. The first-order chi connectivity index (χ1) is 9.77. The van der Waals surface area contributed by atoms with Crippen LogP contribution in [0.1, 0.15) is 11.1 Å². The molecule has 21 heavy (non-hydrogen) atoms. The lowest BCUT2D eigenvalue weighted by atomic mass is 10.1. The summed E-state index contributed by atoms with van der Waals surface area (Å²) in [7, 11) is 0. The summed E-state index contributed by atoms with van der Waals surface area (Å²) in [5, 5.41) is 10.6. The topological polar surface area (TPSA) is 66.4 Å². The normalized spacial score (nSPS) is 22.7. The van der Waals surface area contributed by atoms with Crippen LogP contribution in [0.25, 0.3) is 0 Å². The van der Waals surface area contributed by atoms with Crippen LogP contribution in [-0.4, -0.2) is 34.0 Å². The maximum atomic E-state index is 12.6. The van der Waals surface area contributed by atoms with Crippen LogP contribution in [0.15, 0.2) is 24.3 Å². The van der Waals surface area contributed by atoms with Crippen molar-refractivity contribution in [3.8, 4) is 0 Å². The zero-order valence-electron chi connectivity index (χ0n) is 10.7. The Morgan fingerprint density at radius 3 is 2.71 bits per heavy atom. The maximum Gasteiger partial charge on any atom is 0.416 e. The van der Waals surface area contributed by atoms with Gasteiger partial charge in [0.2, 0.25) is 5.91 Å². The van der Waals surface area contributed by atoms with E-state index in [0.717, 1.165) is 23.9 Å². The van der Waals surface area contributed by atoms with E-state index in [1.54, 1.807) is 0 Å². The van der Waals surface area contributed by atoms with Gasteiger partial charge in [0.05, 0.1) is 10.8 Å². The van der Waals surface area contributed by atoms with Gasteiger partial charge in [0, 0.05) is 5.75 Å². The standard InChI is InChI=1S/C13H12F3NO3S/c14-13(15,16)8-3-1-2-7(4-8)5-10-11(18)17-9(6-21-10)12(19)20/h1-4,9-10H,5-6H2,(H,17,18)(H,19,20)/t9-,10+/m1/s1. The summed E-state index contributed by atoms with van der Waals surface area (Å²) < 4.78 is 37.8. The van der Waals surface area contributed by atoms with Gasteiger partial charge in [-0.2, -0.15) is 13.2 Å². The summed E-state index contributed by atoms with van der Waals surface area (Å²) >= 11 is 1.14. The largest absolute Gasteiger partial charge is 0.480 e. The van der Waals surface area contributed by atoms with Crippen LogP contribution in [0.2, 0.25) is 0 Å². The van der Waals surface area contributed by atoms with E-state index in [9.17, 15) is 22.8 Å². The van der Waals surface area contributed by atoms with Crippen molar-refractivity contribution in [2.24, 2.45) is 0 Å². The Kier molecular flexibility index (Phi) is 4.46. The van der Waals surface area contributed by atoms with E-state index in [-0.39, 0.29) is 12.2 Å². The molecule has 1 fully saturated rings. The maximum absolute atomic E-state index is 12.6. The minimum Gasteiger partial charge on any atom is -0.480 e. The van der Waals surface area contributed by atoms with E-state index >= 15 is 0 Å². The van der Waals surface area contributed by atoms with Crippen LogP contribution < -0.4 is 5.32 Å². The number of nitrogens with one attached hydrogen (secondary N) is 1. The average Bonchev–Trinajstić information content (AvgIpc) is 2.40. The summed E-state index contributed by atoms with van der Waals surface area (Å²) in [5.41, 5.74) is -0.365. The van der Waals surface area contributed by atoms with Gasteiger partial charge in [0.25, 0.3) is 0 Å². The minimum absolute atomic E-state index is 0.132. The van der Waals surface area contributed by atoms with Crippen LogP contribution in [0.5, 0.6) is 0 Å². The van der Waals surface area contributed by atoms with Gasteiger partial charge in [-0.15, -0.1) is 11.8 Å². The third-order valence-corrected chi connectivity index (χ3v) is 4.36. The number of aliphatic carboxylic acids is 1. The van der Waals surface area contributed by atoms with Gasteiger partial charge in [-0.3, -0.25) is 4.79 Å². The highest BCUT2D eigenvalue weighted by molar-refractivity contribution is 8.00. The zero-order valence-corrected chi connectivity index (χ0v) is 11.5. The number of carbonyl (C=O) groups is 2. The zero-order chi connectivity index (χ0) is 15.6. The van der Waals surface area contributed by atoms with Gasteiger partial charge in [0.1, 0.15) is 6.04 Å². The predicted octanol–water partition coefficient (Wildman–Crippen LogP) is 1.93. The van der Waals surface area contributed by atoms with E-state index in [4.69, 9.17) is 5.11 Å². The number of carboxylic acids is 1. The van der Waals surface area contributed by atoms with Crippen molar-refractivity contribution < 1.29 is 27.9 Å². The van der Waals surface area contributed by atoms with E-state index in [0.29, 0.717) is 5.56 Å². The molecule has 2 N–H and O–H groups in total. The molecule has 8 heteroatoms. The van der Waals surface area contributed by atoms with Crippen LogP contribution in [-0.2, 0) is 22.2 Å². The van der Waals surface area contributed by atoms with Crippen molar-refractivity contribution in [3.63, 3.8) is 0 Å². The fraction of sp³-hybridized carbons (Fsp3) is 0.385. The molecule has 114 valence electrons. The number of halogens is 3. The molecule has 1 heterocycles. The molecule has 0 spiro atoms. The molecule has 4 nitrogen and oxygen atoms in total. The molecular weight excluding hydrogens is 307 g/mol. The van der Waals surface area contributed by atoms with Gasteiger partial charge in [-0.25, -0.2) is 4.79 Å². The third kappa shape index (κ3) is 3.90. The summed E-state index contributed by atoms with van der Waals surface area (Å²) in [6, 6.07) is 3.85. The molecule has 2 rings (SSSR count). The second-order valence-corrected chi connectivity index (χ2v) is 5.86. The monoisotopic (exact) mass is 319 g/mol. The molecule has 0 unspecified atom stereocenters. The second kappa shape index (κ2) is 5.97. The van der Waals surface area contributed by atoms with Gasteiger partial charge >= 0.3 is 12.1 Å². The summed E-state index contributed by atoms with van der Waals surface area (Å²) in [4.78, 5) is 22.5. The Morgan fingerprint density at radius 1 is 1.43 bits per heavy atom. The Labute approximate surface area is 122 Å². The Hall–Kier alpha value is -1.70. The number of carboxylic acid groups (broad SMARTS) is 1. The number of thioether (sulfide) groups is 1. The number of benzene rings is 1. The fourth-order valence-corrected chi connectivity index (χ4v) is 3.15. The summed E-state index contributed by atoms with van der Waals surface area (Å²) in [6.07, 6.45) is -4.29. The molecule has 0 radical (unpaired) electrons. The molecule has 0 aliphatic carbocycles. The van der Waals surface area contributed by atoms with Crippen LogP contribution in [0.4, 0.5) is 13.2 Å². The lowest BCUT2D eigenvalue weighted by Crippen LogP contribution is -2.51. The SMILES string of the molecule is O=C1N[C@@H](C(=O)O)CS[C@H]1Cc1cccc(C(F)(F)F)c1. The van der Waals surface area contributed by atoms with Crippen molar-refractivity contribution >= 4 is 23.6 Å². The fourth-order valence-electron chi connectivity index (χ4n) is 1.97. The lowest BCUT2D eigenvalue weighted by molar-refractivity contribution is -0.141. The van der Waals surface area contributed by atoms with E-state index in [1.165, 1.54) is 12.1 Å². The summed E-state index contributed by atoms with van der Waals surface area (Å²) in [6.45, 7) is 0. The Balaban J connectivity index is 2.06. The molecule has 0 aromatic heterocycles. The average molecular weight is 319 g/mol. The van der Waals surface area contributed by atoms with Gasteiger partial charge in [-0.05, 0) is 18.1 Å². The van der Waals surface area contributed by atoms with E-state index < -0.39 is 34.9 Å². The lowest BCUT2D eigenvalue weighted by Gasteiger charge is -2.26. The van der Waals surface area contributed by atoms with Crippen molar-refractivity contribution in [1.82, 2.24) is 5.32 Å². The minimum atomic E-state index is -4.42. The predicted molar refractivity (Wildman–Crippen MR) is 71.0 cm³/mol. The third-order valence-electron chi connectivity index (χ3n) is 3.05. The number of rotatable bonds is 3. The number of carbonyl (C=O) groups excluding carboxylic acids is 1. The number of amides is 1. The molecular formula is C13H12F3NO3S. The van der Waals surface area contributed by atoms with Crippen LogP contribution >= 0.6 is 11.8 Å². The molecule has 1 aromatic rings. The van der Waals surface area contributed by atoms with Gasteiger partial charge in [0.15, 0.2) is 0 Å². The highest BCUT2D eigenvalue weighted by atomic mass is 32.2. The van der Waals surface area contributed by atoms with Gasteiger partial charge in [-0.1, -0.05) is 18.2 Å². The Morgan fingerprint density at radius 2 is 2.14 bits per heavy atom. The molecule has 1 aliphatic heterocycles. The first kappa shape index (κ1) is 15.7. The number of hydrogen-bond acceptors (Lipinski definition) is 3. The second-order valence-electron chi connectivity index (χ2n) is 4.62. The quantitative estimate of drug-likeness (QED) is 0.893. The molecule has 1 saturated heterocycles. The van der Waals surface area contributed by atoms with Crippen molar-refractivity contribution in [3.05, 3.63) is 35.4 Å². The Bertz CT molecular complexity index is 562.